The van der Waals surface area contributed by atoms with Gasteiger partial charge in [0.15, 0.2) is 0 Å². The number of hydrogen-bond acceptors (Lipinski definition) is 4. The van der Waals surface area contributed by atoms with E-state index in [4.69, 9.17) is 8.74 Å². The monoisotopic (exact) mass is 409 g/mol. The van der Waals surface area contributed by atoms with Crippen molar-refractivity contribution in [2.75, 3.05) is 6.61 Å². The minimum atomic E-state index is -4.36. The van der Waals surface area contributed by atoms with Crippen molar-refractivity contribution < 1.29 is 22.3 Å². The van der Waals surface area contributed by atoms with Gasteiger partial charge < -0.3 is 5.11 Å². The second-order valence-corrected chi connectivity index (χ2v) is 11.1. The molecule has 0 aromatic heterocycles. The van der Waals surface area contributed by atoms with Crippen LogP contribution in [0.15, 0.2) is 0 Å². The van der Waals surface area contributed by atoms with Crippen molar-refractivity contribution in [3.8, 4) is 0 Å². The van der Waals surface area contributed by atoms with Gasteiger partial charge in [0.2, 0.25) is 0 Å². The summed E-state index contributed by atoms with van der Waals surface area (Å²) < 4.78 is 36.1. The molecule has 151 valence electrons. The van der Waals surface area contributed by atoms with E-state index in [0.717, 1.165) is 37.5 Å². The van der Waals surface area contributed by atoms with Crippen LogP contribution in [0.1, 0.15) is 71.6 Å². The molecule has 4 unspecified atom stereocenters. The molecule has 2 N–H and O–H groups in total. The number of hydrogen-bond donors (Lipinski definition) is 2. The standard InChI is InChI=1S/C20H34O5S.Na/c1-19-9-7-15(25-26(22,23)24)11-13(19)3-5-16-17-6-4-14(12-21)20(17,2)10-8-18(16)19;/h13-18,21H,3-12H2,1-2H3,(H,22,23,24);/t13?,14-,15+,16?,17?,18?,19+,20-;/m1./s1. The molecule has 0 aromatic carbocycles. The Morgan fingerprint density at radius 1 is 0.963 bits per heavy atom. The summed E-state index contributed by atoms with van der Waals surface area (Å²) in [6.07, 6.45) is 9.36. The van der Waals surface area contributed by atoms with E-state index in [2.05, 4.69) is 13.8 Å². The normalized spacial score (nSPS) is 49.5. The van der Waals surface area contributed by atoms with E-state index in [1.807, 2.05) is 0 Å². The Hall–Kier alpha value is 0.830. The van der Waals surface area contributed by atoms with Crippen LogP contribution in [-0.2, 0) is 14.6 Å². The smallest absolute Gasteiger partial charge is 0.396 e. The van der Waals surface area contributed by atoms with E-state index in [1.54, 1.807) is 0 Å². The number of fused-ring (bicyclic) bond motifs is 5. The van der Waals surface area contributed by atoms with Crippen molar-refractivity contribution in [2.24, 2.45) is 40.4 Å². The average molecular weight is 410 g/mol. The first kappa shape index (κ1) is 22.5. The van der Waals surface area contributed by atoms with Gasteiger partial charge in [0.05, 0.1) is 6.10 Å². The van der Waals surface area contributed by atoms with Crippen molar-refractivity contribution in [1.82, 2.24) is 0 Å². The SMILES string of the molecule is C[C@]12CC[C@H](OS(=O)(=O)O)CC1CCC1C2CC[C@@]2(C)C1CC[C@@H]2CO.[Na]. The van der Waals surface area contributed by atoms with Crippen molar-refractivity contribution in [1.29, 1.82) is 0 Å². The Kier molecular flexibility index (Phi) is 6.52. The van der Waals surface area contributed by atoms with Crippen molar-refractivity contribution in [2.45, 2.75) is 77.7 Å². The second-order valence-electron chi connectivity index (χ2n) is 10.1. The third-order valence-electron chi connectivity index (χ3n) is 9.29. The van der Waals surface area contributed by atoms with E-state index in [9.17, 15) is 13.5 Å². The average Bonchev–Trinajstić information content (AvgIpc) is 2.90. The van der Waals surface area contributed by atoms with Crippen LogP contribution in [0.4, 0.5) is 0 Å². The first-order valence-corrected chi connectivity index (χ1v) is 11.8. The molecule has 0 amide bonds. The van der Waals surface area contributed by atoms with E-state index < -0.39 is 10.4 Å². The third kappa shape index (κ3) is 3.82. The topological polar surface area (TPSA) is 83.8 Å². The minimum Gasteiger partial charge on any atom is -0.396 e. The van der Waals surface area contributed by atoms with E-state index in [1.165, 1.54) is 32.1 Å². The fourth-order valence-electron chi connectivity index (χ4n) is 7.89. The van der Waals surface area contributed by atoms with Gasteiger partial charge in [0, 0.05) is 36.2 Å². The molecular formula is C20H34NaO5S. The first-order valence-electron chi connectivity index (χ1n) is 10.4. The molecule has 0 spiro atoms. The Balaban J connectivity index is 0.00000210. The zero-order valence-electron chi connectivity index (χ0n) is 17.1. The molecule has 4 fully saturated rings. The predicted molar refractivity (Wildman–Crippen MR) is 104 cm³/mol. The van der Waals surface area contributed by atoms with Gasteiger partial charge in [0.25, 0.3) is 0 Å². The molecule has 4 saturated carbocycles. The van der Waals surface area contributed by atoms with Crippen LogP contribution in [0.5, 0.6) is 0 Å². The quantitative estimate of drug-likeness (QED) is 0.551. The van der Waals surface area contributed by atoms with Crippen LogP contribution in [0.3, 0.4) is 0 Å². The maximum atomic E-state index is 11.1. The van der Waals surface area contributed by atoms with Crippen molar-refractivity contribution in [3.63, 3.8) is 0 Å². The molecule has 8 atom stereocenters. The summed E-state index contributed by atoms with van der Waals surface area (Å²) >= 11 is 0. The molecule has 4 aliphatic rings. The van der Waals surface area contributed by atoms with Crippen LogP contribution in [0.25, 0.3) is 0 Å². The van der Waals surface area contributed by atoms with Crippen molar-refractivity contribution >= 4 is 40.0 Å². The summed E-state index contributed by atoms with van der Waals surface area (Å²) in [6.45, 7) is 5.19. The molecule has 4 aliphatic carbocycles. The van der Waals surface area contributed by atoms with Gasteiger partial charge in [-0.05, 0) is 98.2 Å². The van der Waals surface area contributed by atoms with Gasteiger partial charge >= 0.3 is 10.4 Å². The number of aliphatic hydroxyl groups is 1. The summed E-state index contributed by atoms with van der Waals surface area (Å²) in [5.41, 5.74) is 0.574. The third-order valence-corrected chi connectivity index (χ3v) is 9.81. The van der Waals surface area contributed by atoms with Crippen LogP contribution < -0.4 is 0 Å². The Morgan fingerprint density at radius 2 is 1.63 bits per heavy atom. The number of aliphatic hydroxyl groups excluding tert-OH is 1. The van der Waals surface area contributed by atoms with Crippen LogP contribution in [-0.4, -0.2) is 60.3 Å². The largest absolute Gasteiger partial charge is 0.397 e. The van der Waals surface area contributed by atoms with Gasteiger partial charge in [-0.2, -0.15) is 8.42 Å². The molecular weight excluding hydrogens is 375 g/mol. The van der Waals surface area contributed by atoms with Crippen LogP contribution in [0.2, 0.25) is 0 Å². The Bertz CT molecular complexity index is 655. The molecule has 27 heavy (non-hydrogen) atoms. The summed E-state index contributed by atoms with van der Waals surface area (Å²) in [4.78, 5) is 0. The Morgan fingerprint density at radius 3 is 2.30 bits per heavy atom. The molecule has 7 heteroatoms. The van der Waals surface area contributed by atoms with Crippen LogP contribution in [0, 0.1) is 40.4 Å². The zero-order chi connectivity index (χ0) is 18.7. The molecule has 0 bridgehead atoms. The van der Waals surface area contributed by atoms with E-state index in [-0.39, 0.29) is 41.1 Å². The molecule has 4 rings (SSSR count). The van der Waals surface area contributed by atoms with Crippen LogP contribution >= 0.6 is 0 Å². The molecule has 0 aromatic rings. The number of rotatable bonds is 3. The van der Waals surface area contributed by atoms with Gasteiger partial charge in [0.1, 0.15) is 0 Å². The predicted octanol–water partition coefficient (Wildman–Crippen LogP) is 3.44. The second kappa shape index (κ2) is 7.82. The molecule has 0 aliphatic heterocycles. The summed E-state index contributed by atoms with van der Waals surface area (Å²) in [5, 5.41) is 9.84. The molecule has 0 heterocycles. The van der Waals surface area contributed by atoms with Gasteiger partial charge in [-0.1, -0.05) is 13.8 Å². The van der Waals surface area contributed by atoms with Crippen molar-refractivity contribution in [3.05, 3.63) is 0 Å². The fraction of sp³-hybridized carbons (Fsp3) is 1.00. The van der Waals surface area contributed by atoms with Gasteiger partial charge in [-0.15, -0.1) is 0 Å². The minimum absolute atomic E-state index is 0. The summed E-state index contributed by atoms with van der Waals surface area (Å²) in [5.74, 6) is 3.17. The fourth-order valence-corrected chi connectivity index (χ4v) is 8.41. The van der Waals surface area contributed by atoms with E-state index >= 15 is 0 Å². The maximum absolute atomic E-state index is 11.1. The van der Waals surface area contributed by atoms with E-state index in [0.29, 0.717) is 29.8 Å². The molecule has 1 radical (unpaired) electrons. The summed E-state index contributed by atoms with van der Waals surface area (Å²) in [7, 11) is -4.36. The van der Waals surface area contributed by atoms with Gasteiger partial charge in [-0.3, -0.25) is 4.55 Å². The first-order chi connectivity index (χ1) is 12.2. The maximum Gasteiger partial charge on any atom is 0.397 e. The summed E-state index contributed by atoms with van der Waals surface area (Å²) in [6, 6.07) is 0. The van der Waals surface area contributed by atoms with Gasteiger partial charge in [-0.25, -0.2) is 4.18 Å². The molecule has 0 saturated heterocycles. The Labute approximate surface area is 186 Å². The zero-order valence-corrected chi connectivity index (χ0v) is 19.9. The molecule has 5 nitrogen and oxygen atoms in total.